The quantitative estimate of drug-likeness (QED) is 0.770. The summed E-state index contributed by atoms with van der Waals surface area (Å²) in [4.78, 5) is 0. The predicted molar refractivity (Wildman–Crippen MR) is 52.9 cm³/mol. The molecule has 1 aromatic rings. The summed E-state index contributed by atoms with van der Waals surface area (Å²) in [7, 11) is 0. The van der Waals surface area contributed by atoms with Gasteiger partial charge in [-0.05, 0) is 17.7 Å². The van der Waals surface area contributed by atoms with E-state index in [0.717, 1.165) is 12.1 Å². The fraction of sp³-hybridized carbons (Fsp3) is 0.182. The Hall–Kier alpha value is -1.73. The van der Waals surface area contributed by atoms with Crippen LogP contribution in [0.2, 0.25) is 0 Å². The molecule has 0 saturated carbocycles. The Balaban J connectivity index is 2.88. The summed E-state index contributed by atoms with van der Waals surface area (Å²) in [5, 5.41) is 11.6. The number of benzene rings is 1. The first kappa shape index (κ1) is 11.3. The molecule has 0 radical (unpaired) electrons. The zero-order valence-corrected chi connectivity index (χ0v) is 8.00. The minimum atomic E-state index is -0.951. The fourth-order valence-corrected chi connectivity index (χ4v) is 1.13. The average Bonchev–Trinajstić information content (AvgIpc) is 2.24. The van der Waals surface area contributed by atoms with Gasteiger partial charge in [-0.15, -0.1) is 6.58 Å². The molecule has 0 aromatic heterocycles. The van der Waals surface area contributed by atoms with E-state index >= 15 is 0 Å². The summed E-state index contributed by atoms with van der Waals surface area (Å²) >= 11 is 0. The molecule has 0 amide bonds. The highest BCUT2D eigenvalue weighted by atomic mass is 19.2. The number of nitrogens with zero attached hydrogens (tertiary/aromatic N) is 1. The Morgan fingerprint density at radius 2 is 2.20 bits per heavy atom. The van der Waals surface area contributed by atoms with Crippen LogP contribution in [0.1, 0.15) is 11.6 Å². The standard InChI is InChI=1S/C11H10F2N2/c1-2-5-15-11(7-14)8-3-4-9(12)10(13)6-8/h2-4,6,11,15H,1,5H2. The molecule has 0 aliphatic carbocycles. The van der Waals surface area contributed by atoms with E-state index in [-0.39, 0.29) is 0 Å². The Kier molecular flexibility index (Phi) is 3.95. The molecule has 1 rings (SSSR count). The molecule has 2 nitrogen and oxygen atoms in total. The first-order valence-electron chi connectivity index (χ1n) is 4.38. The molecule has 1 unspecified atom stereocenters. The highest BCUT2D eigenvalue weighted by Crippen LogP contribution is 2.15. The second kappa shape index (κ2) is 5.23. The van der Waals surface area contributed by atoms with Crippen LogP contribution in [-0.2, 0) is 0 Å². The molecular formula is C11H10F2N2. The number of rotatable bonds is 4. The van der Waals surface area contributed by atoms with E-state index in [1.165, 1.54) is 6.07 Å². The molecule has 15 heavy (non-hydrogen) atoms. The van der Waals surface area contributed by atoms with Crippen LogP contribution in [0.5, 0.6) is 0 Å². The smallest absolute Gasteiger partial charge is 0.159 e. The van der Waals surface area contributed by atoms with Crippen LogP contribution < -0.4 is 5.32 Å². The van der Waals surface area contributed by atoms with Crippen molar-refractivity contribution in [3.8, 4) is 6.07 Å². The van der Waals surface area contributed by atoms with Crippen LogP contribution in [0.25, 0.3) is 0 Å². The van der Waals surface area contributed by atoms with E-state index in [4.69, 9.17) is 5.26 Å². The topological polar surface area (TPSA) is 35.8 Å². The maximum absolute atomic E-state index is 12.9. The van der Waals surface area contributed by atoms with Crippen molar-refractivity contribution in [3.63, 3.8) is 0 Å². The van der Waals surface area contributed by atoms with Crippen molar-refractivity contribution in [1.82, 2.24) is 5.32 Å². The van der Waals surface area contributed by atoms with Crippen molar-refractivity contribution >= 4 is 0 Å². The van der Waals surface area contributed by atoms with E-state index in [2.05, 4.69) is 11.9 Å². The lowest BCUT2D eigenvalue weighted by atomic mass is 10.1. The normalized spacial score (nSPS) is 11.8. The van der Waals surface area contributed by atoms with Crippen molar-refractivity contribution in [2.45, 2.75) is 6.04 Å². The monoisotopic (exact) mass is 208 g/mol. The van der Waals surface area contributed by atoms with E-state index in [0.29, 0.717) is 12.1 Å². The van der Waals surface area contributed by atoms with Crippen molar-refractivity contribution < 1.29 is 8.78 Å². The first-order valence-corrected chi connectivity index (χ1v) is 4.38. The lowest BCUT2D eigenvalue weighted by molar-refractivity contribution is 0.505. The number of hydrogen-bond donors (Lipinski definition) is 1. The van der Waals surface area contributed by atoms with Gasteiger partial charge in [0.2, 0.25) is 0 Å². The number of nitriles is 1. The van der Waals surface area contributed by atoms with Gasteiger partial charge in [-0.1, -0.05) is 12.1 Å². The summed E-state index contributed by atoms with van der Waals surface area (Å²) in [6, 6.07) is 4.69. The van der Waals surface area contributed by atoms with Crippen molar-refractivity contribution in [3.05, 3.63) is 48.1 Å². The SMILES string of the molecule is C=CCNC(C#N)c1ccc(F)c(F)c1. The van der Waals surface area contributed by atoms with Gasteiger partial charge in [0, 0.05) is 6.54 Å². The van der Waals surface area contributed by atoms with Gasteiger partial charge in [0.05, 0.1) is 6.07 Å². The van der Waals surface area contributed by atoms with Crippen molar-refractivity contribution in [2.24, 2.45) is 0 Å². The van der Waals surface area contributed by atoms with Gasteiger partial charge in [0.1, 0.15) is 6.04 Å². The fourth-order valence-electron chi connectivity index (χ4n) is 1.13. The highest BCUT2D eigenvalue weighted by Gasteiger charge is 2.11. The number of hydrogen-bond acceptors (Lipinski definition) is 2. The largest absolute Gasteiger partial charge is 0.295 e. The van der Waals surface area contributed by atoms with E-state index in [9.17, 15) is 8.78 Å². The summed E-state index contributed by atoms with van der Waals surface area (Å²) in [6.45, 7) is 3.91. The van der Waals surface area contributed by atoms with E-state index in [1.54, 1.807) is 6.08 Å². The summed E-state index contributed by atoms with van der Waals surface area (Å²) in [5.74, 6) is -1.87. The van der Waals surface area contributed by atoms with Crippen LogP contribution >= 0.6 is 0 Å². The number of halogens is 2. The number of nitrogens with one attached hydrogen (secondary N) is 1. The van der Waals surface area contributed by atoms with Gasteiger partial charge in [-0.25, -0.2) is 8.78 Å². The third-order valence-electron chi connectivity index (χ3n) is 1.87. The highest BCUT2D eigenvalue weighted by molar-refractivity contribution is 5.25. The predicted octanol–water partition coefficient (Wildman–Crippen LogP) is 2.31. The van der Waals surface area contributed by atoms with Crippen LogP contribution in [0.15, 0.2) is 30.9 Å². The minimum absolute atomic E-state index is 0.401. The minimum Gasteiger partial charge on any atom is -0.295 e. The van der Waals surface area contributed by atoms with Gasteiger partial charge < -0.3 is 0 Å². The van der Waals surface area contributed by atoms with Gasteiger partial charge in [0.25, 0.3) is 0 Å². The lowest BCUT2D eigenvalue weighted by Crippen LogP contribution is -2.19. The molecule has 4 heteroatoms. The molecule has 0 heterocycles. The molecule has 0 fully saturated rings. The molecule has 1 aromatic carbocycles. The second-order valence-corrected chi connectivity index (χ2v) is 2.93. The second-order valence-electron chi connectivity index (χ2n) is 2.93. The average molecular weight is 208 g/mol. The van der Waals surface area contributed by atoms with Crippen LogP contribution in [0, 0.1) is 23.0 Å². The molecule has 0 saturated heterocycles. The third-order valence-corrected chi connectivity index (χ3v) is 1.87. The van der Waals surface area contributed by atoms with E-state index < -0.39 is 17.7 Å². The first-order chi connectivity index (χ1) is 7.19. The van der Waals surface area contributed by atoms with Gasteiger partial charge >= 0.3 is 0 Å². The maximum Gasteiger partial charge on any atom is 0.159 e. The molecule has 0 spiro atoms. The zero-order valence-electron chi connectivity index (χ0n) is 8.00. The van der Waals surface area contributed by atoms with Crippen molar-refractivity contribution in [2.75, 3.05) is 6.54 Å². The van der Waals surface area contributed by atoms with Gasteiger partial charge in [-0.3, -0.25) is 5.32 Å². The van der Waals surface area contributed by atoms with Crippen LogP contribution in [-0.4, -0.2) is 6.54 Å². The zero-order chi connectivity index (χ0) is 11.3. The summed E-state index contributed by atoms with van der Waals surface area (Å²) in [5.41, 5.74) is 0.401. The Bertz CT molecular complexity index is 396. The van der Waals surface area contributed by atoms with Gasteiger partial charge in [0.15, 0.2) is 11.6 Å². The molecule has 78 valence electrons. The molecule has 0 bridgehead atoms. The molecule has 0 aliphatic rings. The molecular weight excluding hydrogens is 198 g/mol. The van der Waals surface area contributed by atoms with Crippen LogP contribution in [0.3, 0.4) is 0 Å². The lowest BCUT2D eigenvalue weighted by Gasteiger charge is -2.10. The summed E-state index contributed by atoms with van der Waals surface area (Å²) in [6.07, 6.45) is 1.59. The molecule has 1 atom stereocenters. The summed E-state index contributed by atoms with van der Waals surface area (Å²) < 4.78 is 25.5. The van der Waals surface area contributed by atoms with Crippen molar-refractivity contribution in [1.29, 1.82) is 5.26 Å². The third kappa shape index (κ3) is 2.86. The molecule has 1 N–H and O–H groups in total. The Morgan fingerprint density at radius 3 is 2.73 bits per heavy atom. The Labute approximate surface area is 86.8 Å². The molecule has 0 aliphatic heterocycles. The Morgan fingerprint density at radius 1 is 1.47 bits per heavy atom. The van der Waals surface area contributed by atoms with Crippen LogP contribution in [0.4, 0.5) is 8.78 Å². The van der Waals surface area contributed by atoms with Gasteiger partial charge in [-0.2, -0.15) is 5.26 Å². The maximum atomic E-state index is 12.9. The van der Waals surface area contributed by atoms with E-state index in [1.807, 2.05) is 6.07 Å².